The van der Waals surface area contributed by atoms with Crippen LogP contribution in [0.5, 0.6) is 0 Å². The standard InChI is InChI=1S/C12H13F3O/c1-8-6-11(16,12(13,14)15)7-9-4-2-3-5-10(8)9/h2-5,8,16H,6-7H2,1H3. The highest BCUT2D eigenvalue weighted by Crippen LogP contribution is 2.45. The average Bonchev–Trinajstić information content (AvgIpc) is 2.15. The van der Waals surface area contributed by atoms with Crippen LogP contribution in [0.3, 0.4) is 0 Å². The normalized spacial score (nSPS) is 29.9. The molecule has 0 bridgehead atoms. The molecule has 1 nitrogen and oxygen atoms in total. The third-order valence-electron chi connectivity index (χ3n) is 3.24. The average molecular weight is 230 g/mol. The number of benzene rings is 1. The fourth-order valence-electron chi connectivity index (χ4n) is 2.40. The molecule has 0 fully saturated rings. The molecule has 2 unspecified atom stereocenters. The van der Waals surface area contributed by atoms with E-state index < -0.39 is 11.8 Å². The van der Waals surface area contributed by atoms with Crippen LogP contribution in [-0.2, 0) is 6.42 Å². The SMILES string of the molecule is CC1CC(O)(C(F)(F)F)Cc2ccccc21. The second-order valence-corrected chi connectivity index (χ2v) is 4.51. The quantitative estimate of drug-likeness (QED) is 0.726. The van der Waals surface area contributed by atoms with E-state index in [9.17, 15) is 18.3 Å². The fraction of sp³-hybridized carbons (Fsp3) is 0.500. The summed E-state index contributed by atoms with van der Waals surface area (Å²) >= 11 is 0. The first kappa shape index (κ1) is 11.5. The minimum absolute atomic E-state index is 0.256. The van der Waals surface area contributed by atoms with Crippen LogP contribution in [0.25, 0.3) is 0 Å². The van der Waals surface area contributed by atoms with Crippen LogP contribution in [0.15, 0.2) is 24.3 Å². The third kappa shape index (κ3) is 1.71. The Morgan fingerprint density at radius 1 is 1.31 bits per heavy atom. The van der Waals surface area contributed by atoms with E-state index in [2.05, 4.69) is 0 Å². The second-order valence-electron chi connectivity index (χ2n) is 4.51. The van der Waals surface area contributed by atoms with Crippen molar-refractivity contribution >= 4 is 0 Å². The van der Waals surface area contributed by atoms with Gasteiger partial charge in [-0.2, -0.15) is 13.2 Å². The summed E-state index contributed by atoms with van der Waals surface area (Å²) in [4.78, 5) is 0. The summed E-state index contributed by atoms with van der Waals surface area (Å²) in [7, 11) is 0. The number of aliphatic hydroxyl groups is 1. The Kier molecular flexibility index (Phi) is 2.49. The van der Waals surface area contributed by atoms with Crippen molar-refractivity contribution in [3.05, 3.63) is 35.4 Å². The van der Waals surface area contributed by atoms with Gasteiger partial charge in [0.1, 0.15) is 0 Å². The zero-order chi connectivity index (χ0) is 12.0. The predicted octanol–water partition coefficient (Wildman–Crippen LogP) is 3.03. The summed E-state index contributed by atoms with van der Waals surface area (Å²) in [5, 5.41) is 9.70. The van der Waals surface area contributed by atoms with Crippen LogP contribution in [0.1, 0.15) is 30.4 Å². The molecule has 1 aliphatic rings. The molecule has 0 aliphatic heterocycles. The van der Waals surface area contributed by atoms with Crippen LogP contribution >= 0.6 is 0 Å². The van der Waals surface area contributed by atoms with Gasteiger partial charge < -0.3 is 5.11 Å². The first-order valence-electron chi connectivity index (χ1n) is 5.20. The molecule has 1 aromatic carbocycles. The molecule has 0 aromatic heterocycles. The summed E-state index contributed by atoms with van der Waals surface area (Å²) < 4.78 is 38.2. The molecule has 16 heavy (non-hydrogen) atoms. The van der Waals surface area contributed by atoms with Gasteiger partial charge in [0, 0.05) is 6.42 Å². The number of fused-ring (bicyclic) bond motifs is 1. The largest absolute Gasteiger partial charge is 0.417 e. The van der Waals surface area contributed by atoms with E-state index >= 15 is 0 Å². The van der Waals surface area contributed by atoms with Gasteiger partial charge in [0.25, 0.3) is 0 Å². The molecule has 1 aliphatic carbocycles. The highest BCUT2D eigenvalue weighted by Gasteiger charge is 2.55. The number of alkyl halides is 3. The number of hydrogen-bond donors (Lipinski definition) is 1. The summed E-state index contributed by atoms with van der Waals surface area (Å²) in [6.07, 6.45) is -5.15. The van der Waals surface area contributed by atoms with Gasteiger partial charge in [-0.1, -0.05) is 31.2 Å². The van der Waals surface area contributed by atoms with Crippen LogP contribution in [-0.4, -0.2) is 16.9 Å². The first-order valence-corrected chi connectivity index (χ1v) is 5.20. The van der Waals surface area contributed by atoms with Gasteiger partial charge in [0.15, 0.2) is 5.60 Å². The lowest BCUT2D eigenvalue weighted by atomic mass is 9.74. The van der Waals surface area contributed by atoms with Crippen molar-refractivity contribution in [3.63, 3.8) is 0 Å². The molecule has 0 saturated heterocycles. The highest BCUT2D eigenvalue weighted by molar-refractivity contribution is 5.35. The van der Waals surface area contributed by atoms with E-state index in [0.717, 1.165) is 5.56 Å². The highest BCUT2D eigenvalue weighted by atomic mass is 19.4. The zero-order valence-corrected chi connectivity index (χ0v) is 8.88. The smallest absolute Gasteiger partial charge is 0.380 e. The Bertz CT molecular complexity index is 399. The van der Waals surface area contributed by atoms with E-state index in [1.54, 1.807) is 19.1 Å². The summed E-state index contributed by atoms with van der Waals surface area (Å²) in [5.74, 6) is -0.267. The Hall–Kier alpha value is -1.03. The molecular weight excluding hydrogens is 217 g/mol. The van der Waals surface area contributed by atoms with Crippen LogP contribution in [0, 0.1) is 0 Å². The lowest BCUT2D eigenvalue weighted by Gasteiger charge is -2.38. The fourth-order valence-corrected chi connectivity index (χ4v) is 2.40. The van der Waals surface area contributed by atoms with Crippen molar-refractivity contribution in [3.8, 4) is 0 Å². The van der Waals surface area contributed by atoms with Crippen molar-refractivity contribution in [1.82, 2.24) is 0 Å². The lowest BCUT2D eigenvalue weighted by Crippen LogP contribution is -2.50. The summed E-state index contributed by atoms with van der Waals surface area (Å²) in [6, 6.07) is 7.00. The molecule has 0 radical (unpaired) electrons. The molecule has 2 rings (SSSR count). The number of hydrogen-bond acceptors (Lipinski definition) is 1. The van der Waals surface area contributed by atoms with Gasteiger partial charge in [-0.3, -0.25) is 0 Å². The second kappa shape index (κ2) is 3.48. The summed E-state index contributed by atoms with van der Waals surface area (Å²) in [6.45, 7) is 1.72. The van der Waals surface area contributed by atoms with E-state index in [4.69, 9.17) is 0 Å². The maximum atomic E-state index is 12.7. The number of halogens is 3. The lowest BCUT2D eigenvalue weighted by molar-refractivity contribution is -0.265. The first-order chi connectivity index (χ1) is 7.33. The molecule has 0 amide bonds. The van der Waals surface area contributed by atoms with E-state index in [-0.39, 0.29) is 18.8 Å². The van der Waals surface area contributed by atoms with Gasteiger partial charge in [-0.25, -0.2) is 0 Å². The maximum Gasteiger partial charge on any atom is 0.417 e. The Morgan fingerprint density at radius 3 is 2.56 bits per heavy atom. The maximum absolute atomic E-state index is 12.7. The summed E-state index contributed by atoms with van der Waals surface area (Å²) in [5.41, 5.74) is -1.06. The van der Waals surface area contributed by atoms with Gasteiger partial charge in [-0.15, -0.1) is 0 Å². The van der Waals surface area contributed by atoms with Crippen molar-refractivity contribution in [1.29, 1.82) is 0 Å². The zero-order valence-electron chi connectivity index (χ0n) is 8.88. The molecule has 1 aromatic rings. The molecule has 4 heteroatoms. The Balaban J connectivity index is 2.41. The molecular formula is C12H13F3O. The Labute approximate surface area is 91.9 Å². The molecule has 1 N–H and O–H groups in total. The minimum Gasteiger partial charge on any atom is -0.380 e. The predicted molar refractivity (Wildman–Crippen MR) is 54.2 cm³/mol. The van der Waals surface area contributed by atoms with Crippen molar-refractivity contribution in [2.75, 3.05) is 0 Å². The monoisotopic (exact) mass is 230 g/mol. The van der Waals surface area contributed by atoms with Crippen LogP contribution in [0.4, 0.5) is 13.2 Å². The minimum atomic E-state index is -4.56. The van der Waals surface area contributed by atoms with Crippen molar-refractivity contribution in [2.45, 2.75) is 37.5 Å². The molecule has 0 spiro atoms. The molecule has 0 saturated carbocycles. The van der Waals surface area contributed by atoms with Gasteiger partial charge in [0.2, 0.25) is 0 Å². The van der Waals surface area contributed by atoms with E-state index in [1.807, 2.05) is 12.1 Å². The molecule has 2 atom stereocenters. The van der Waals surface area contributed by atoms with E-state index in [0.29, 0.717) is 5.56 Å². The number of rotatable bonds is 0. The van der Waals surface area contributed by atoms with Gasteiger partial charge >= 0.3 is 6.18 Å². The van der Waals surface area contributed by atoms with Crippen molar-refractivity contribution in [2.24, 2.45) is 0 Å². The van der Waals surface area contributed by atoms with Crippen LogP contribution in [0.2, 0.25) is 0 Å². The van der Waals surface area contributed by atoms with Crippen molar-refractivity contribution < 1.29 is 18.3 Å². The van der Waals surface area contributed by atoms with Crippen LogP contribution < -0.4 is 0 Å². The Morgan fingerprint density at radius 2 is 1.94 bits per heavy atom. The topological polar surface area (TPSA) is 20.2 Å². The molecule has 0 heterocycles. The van der Waals surface area contributed by atoms with Gasteiger partial charge in [-0.05, 0) is 23.5 Å². The third-order valence-corrected chi connectivity index (χ3v) is 3.24. The van der Waals surface area contributed by atoms with Gasteiger partial charge in [0.05, 0.1) is 0 Å². The molecule has 88 valence electrons. The van der Waals surface area contributed by atoms with E-state index in [1.165, 1.54) is 0 Å².